The van der Waals surface area contributed by atoms with Crippen molar-refractivity contribution >= 4 is 11.2 Å². The van der Waals surface area contributed by atoms with Crippen LogP contribution >= 0.6 is 0 Å². The van der Waals surface area contributed by atoms with Crippen LogP contribution < -0.4 is 11.2 Å². The van der Waals surface area contributed by atoms with Gasteiger partial charge in [0.2, 0.25) is 0 Å². The molecule has 0 aliphatic rings. The summed E-state index contributed by atoms with van der Waals surface area (Å²) < 4.78 is 4.29. The van der Waals surface area contributed by atoms with Crippen molar-refractivity contribution in [2.75, 3.05) is 6.61 Å². The molecule has 0 spiro atoms. The summed E-state index contributed by atoms with van der Waals surface area (Å²) in [5, 5.41) is 18.1. The number of nitrogens with zero attached hydrogens (tertiary/aromatic N) is 4. The van der Waals surface area contributed by atoms with Gasteiger partial charge in [-0.1, -0.05) is 6.92 Å². The molecule has 1 unspecified atom stereocenters. The second-order valence-electron chi connectivity index (χ2n) is 5.39. The zero-order valence-electron chi connectivity index (χ0n) is 12.9. The smallest absolute Gasteiger partial charge is 0.332 e. The van der Waals surface area contributed by atoms with Gasteiger partial charge >= 0.3 is 5.69 Å². The maximum absolute atomic E-state index is 12.6. The van der Waals surface area contributed by atoms with Gasteiger partial charge in [0.05, 0.1) is 19.0 Å². The maximum atomic E-state index is 12.6. The molecule has 2 aromatic rings. The third kappa shape index (κ3) is 2.97. The molecular formula is C14H22N4O4. The fourth-order valence-corrected chi connectivity index (χ4v) is 2.51. The number of hydrogen-bond acceptors (Lipinski definition) is 5. The van der Waals surface area contributed by atoms with Gasteiger partial charge in [-0.15, -0.1) is 0 Å². The first-order valence-electron chi connectivity index (χ1n) is 7.44. The molecule has 2 rings (SSSR count). The van der Waals surface area contributed by atoms with E-state index in [0.717, 1.165) is 6.42 Å². The molecule has 0 saturated heterocycles. The van der Waals surface area contributed by atoms with Gasteiger partial charge in [-0.25, -0.2) is 9.78 Å². The molecule has 0 saturated carbocycles. The van der Waals surface area contributed by atoms with Crippen molar-refractivity contribution in [2.24, 2.45) is 7.05 Å². The van der Waals surface area contributed by atoms with Gasteiger partial charge in [0.25, 0.3) is 5.56 Å². The third-order valence-corrected chi connectivity index (χ3v) is 3.70. The van der Waals surface area contributed by atoms with E-state index in [1.165, 1.54) is 9.13 Å². The van der Waals surface area contributed by atoms with Crippen LogP contribution in [0.5, 0.6) is 0 Å². The molecule has 122 valence electrons. The number of rotatable bonds is 7. The molecule has 2 aromatic heterocycles. The van der Waals surface area contributed by atoms with Crippen LogP contribution in [-0.4, -0.2) is 41.6 Å². The fraction of sp³-hybridized carbons (Fsp3) is 0.643. The molecule has 0 aromatic carbocycles. The molecule has 1 atom stereocenters. The number of fused-ring (bicyclic) bond motifs is 1. The minimum atomic E-state index is -0.825. The SMILES string of the molecule is CCCn1cnc2c1c(=O)n(CCCC(O)CO)c(=O)n2C. The lowest BCUT2D eigenvalue weighted by Gasteiger charge is -2.10. The second-order valence-corrected chi connectivity index (χ2v) is 5.39. The zero-order chi connectivity index (χ0) is 16.3. The summed E-state index contributed by atoms with van der Waals surface area (Å²) in [5.41, 5.74) is 0.0297. The van der Waals surface area contributed by atoms with E-state index in [1.54, 1.807) is 17.9 Å². The van der Waals surface area contributed by atoms with Crippen LogP contribution in [0, 0.1) is 0 Å². The minimum Gasteiger partial charge on any atom is -0.394 e. The summed E-state index contributed by atoms with van der Waals surface area (Å²) in [6, 6.07) is 0. The first-order chi connectivity index (χ1) is 10.5. The molecule has 2 N–H and O–H groups in total. The molecule has 2 heterocycles. The number of aromatic nitrogens is 4. The van der Waals surface area contributed by atoms with Gasteiger partial charge in [0, 0.05) is 20.1 Å². The van der Waals surface area contributed by atoms with E-state index in [-0.39, 0.29) is 18.7 Å². The molecule has 8 heteroatoms. The van der Waals surface area contributed by atoms with Crippen LogP contribution in [0.4, 0.5) is 0 Å². The quantitative estimate of drug-likeness (QED) is 0.714. The van der Waals surface area contributed by atoms with E-state index in [0.29, 0.717) is 30.6 Å². The Labute approximate surface area is 127 Å². The number of hydrogen-bond donors (Lipinski definition) is 2. The highest BCUT2D eigenvalue weighted by molar-refractivity contribution is 5.69. The first-order valence-corrected chi connectivity index (χ1v) is 7.44. The summed E-state index contributed by atoms with van der Waals surface area (Å²) in [6.07, 6.45) is 2.38. The zero-order valence-corrected chi connectivity index (χ0v) is 12.9. The predicted octanol–water partition coefficient (Wildman–Crippen LogP) is -0.560. The van der Waals surface area contributed by atoms with E-state index in [1.807, 2.05) is 6.92 Å². The van der Waals surface area contributed by atoms with Gasteiger partial charge in [-0.2, -0.15) is 0 Å². The van der Waals surface area contributed by atoms with Crippen LogP contribution in [0.3, 0.4) is 0 Å². The number of imidazole rings is 1. The topological polar surface area (TPSA) is 102 Å². The Morgan fingerprint density at radius 1 is 1.32 bits per heavy atom. The Kier molecular flexibility index (Phi) is 5.15. The number of aliphatic hydroxyl groups is 2. The van der Waals surface area contributed by atoms with Crippen LogP contribution in [-0.2, 0) is 20.1 Å². The van der Waals surface area contributed by atoms with Crippen molar-refractivity contribution in [2.45, 2.75) is 45.4 Å². The average Bonchev–Trinajstić information content (AvgIpc) is 2.92. The standard InChI is InChI=1S/C14H22N4O4/c1-3-6-17-9-15-12-11(17)13(21)18(14(22)16(12)2)7-4-5-10(20)8-19/h9-10,19-20H,3-8H2,1-2H3. The van der Waals surface area contributed by atoms with Gasteiger partial charge in [-0.3, -0.25) is 13.9 Å². The minimum absolute atomic E-state index is 0.204. The van der Waals surface area contributed by atoms with Crippen molar-refractivity contribution in [3.05, 3.63) is 27.2 Å². The molecule has 22 heavy (non-hydrogen) atoms. The van der Waals surface area contributed by atoms with E-state index in [9.17, 15) is 14.7 Å². The van der Waals surface area contributed by atoms with E-state index < -0.39 is 11.8 Å². The monoisotopic (exact) mass is 310 g/mol. The van der Waals surface area contributed by atoms with Crippen LogP contribution in [0.1, 0.15) is 26.2 Å². The van der Waals surface area contributed by atoms with E-state index in [4.69, 9.17) is 5.11 Å². The predicted molar refractivity (Wildman–Crippen MR) is 81.9 cm³/mol. The van der Waals surface area contributed by atoms with Gasteiger partial charge < -0.3 is 14.8 Å². The Morgan fingerprint density at radius 2 is 2.05 bits per heavy atom. The lowest BCUT2D eigenvalue weighted by molar-refractivity contribution is 0.0854. The lowest BCUT2D eigenvalue weighted by Crippen LogP contribution is -2.39. The normalized spacial score (nSPS) is 12.9. The highest BCUT2D eigenvalue weighted by atomic mass is 16.3. The first kappa shape index (κ1) is 16.4. The largest absolute Gasteiger partial charge is 0.394 e. The molecule has 8 nitrogen and oxygen atoms in total. The van der Waals surface area contributed by atoms with Gasteiger partial charge in [0.15, 0.2) is 11.2 Å². The molecule has 0 fully saturated rings. The lowest BCUT2D eigenvalue weighted by atomic mass is 10.2. The van der Waals surface area contributed by atoms with Gasteiger partial charge in [0.1, 0.15) is 0 Å². The van der Waals surface area contributed by atoms with E-state index >= 15 is 0 Å². The van der Waals surface area contributed by atoms with Crippen LogP contribution in [0.15, 0.2) is 15.9 Å². The van der Waals surface area contributed by atoms with Crippen molar-refractivity contribution in [3.8, 4) is 0 Å². The molecule has 0 amide bonds. The summed E-state index contributed by atoms with van der Waals surface area (Å²) in [7, 11) is 1.59. The Balaban J connectivity index is 2.43. The number of aryl methyl sites for hydroxylation is 2. The summed E-state index contributed by atoms with van der Waals surface area (Å²) in [4.78, 5) is 29.0. The molecule has 0 aliphatic heterocycles. The Hall–Kier alpha value is -1.93. The van der Waals surface area contributed by atoms with Crippen molar-refractivity contribution < 1.29 is 10.2 Å². The fourth-order valence-electron chi connectivity index (χ4n) is 2.51. The summed E-state index contributed by atoms with van der Waals surface area (Å²) in [6.45, 7) is 2.54. The molecule has 0 aliphatic carbocycles. The highest BCUT2D eigenvalue weighted by Gasteiger charge is 2.15. The van der Waals surface area contributed by atoms with Crippen LogP contribution in [0.25, 0.3) is 11.2 Å². The average molecular weight is 310 g/mol. The summed E-state index contributed by atoms with van der Waals surface area (Å²) in [5.74, 6) is 0. The van der Waals surface area contributed by atoms with Crippen molar-refractivity contribution in [1.29, 1.82) is 0 Å². The molecule has 0 bridgehead atoms. The van der Waals surface area contributed by atoms with Crippen molar-refractivity contribution in [1.82, 2.24) is 18.7 Å². The van der Waals surface area contributed by atoms with Gasteiger partial charge in [-0.05, 0) is 19.3 Å². The Bertz CT molecular complexity index is 759. The molecule has 0 radical (unpaired) electrons. The second kappa shape index (κ2) is 6.89. The Morgan fingerprint density at radius 3 is 2.68 bits per heavy atom. The number of aliphatic hydroxyl groups excluding tert-OH is 2. The van der Waals surface area contributed by atoms with Crippen molar-refractivity contribution in [3.63, 3.8) is 0 Å². The van der Waals surface area contributed by atoms with E-state index in [2.05, 4.69) is 4.98 Å². The highest BCUT2D eigenvalue weighted by Crippen LogP contribution is 2.07. The third-order valence-electron chi connectivity index (χ3n) is 3.70. The maximum Gasteiger partial charge on any atom is 0.332 e. The summed E-state index contributed by atoms with van der Waals surface area (Å²) >= 11 is 0. The molecular weight excluding hydrogens is 288 g/mol. The van der Waals surface area contributed by atoms with Crippen LogP contribution in [0.2, 0.25) is 0 Å².